The summed E-state index contributed by atoms with van der Waals surface area (Å²) in [4.78, 5) is 17.8. The van der Waals surface area contributed by atoms with E-state index in [9.17, 15) is 9.18 Å². The summed E-state index contributed by atoms with van der Waals surface area (Å²) in [5.74, 6) is 0.157. The Labute approximate surface area is 201 Å². The molecule has 5 aromatic rings. The SMILES string of the molecule is CCCc1cn(-c2ccccc2F)c(=O)n1CCc1ccc(-c2ccccc2-c2nnn[nH]2)nc1. The number of aryl methyl sites for hydroxylation is 2. The first kappa shape index (κ1) is 22.4. The van der Waals surface area contributed by atoms with E-state index < -0.39 is 5.82 Å². The number of para-hydroxylation sites is 1. The van der Waals surface area contributed by atoms with Crippen LogP contribution in [0, 0.1) is 5.82 Å². The summed E-state index contributed by atoms with van der Waals surface area (Å²) >= 11 is 0. The van der Waals surface area contributed by atoms with E-state index in [4.69, 9.17) is 0 Å². The number of tetrazole rings is 1. The van der Waals surface area contributed by atoms with Crippen molar-refractivity contribution < 1.29 is 4.39 Å². The zero-order valence-electron chi connectivity index (χ0n) is 19.2. The Morgan fingerprint density at radius 1 is 0.971 bits per heavy atom. The average Bonchev–Trinajstić information content (AvgIpc) is 3.53. The van der Waals surface area contributed by atoms with Crippen molar-refractivity contribution in [2.45, 2.75) is 32.7 Å². The van der Waals surface area contributed by atoms with Gasteiger partial charge in [-0.1, -0.05) is 55.8 Å². The van der Waals surface area contributed by atoms with Gasteiger partial charge in [0.1, 0.15) is 5.82 Å². The number of halogens is 1. The number of nitrogens with zero attached hydrogens (tertiary/aromatic N) is 6. The van der Waals surface area contributed by atoms with Crippen LogP contribution in [-0.4, -0.2) is 34.7 Å². The van der Waals surface area contributed by atoms with Gasteiger partial charge in [0.15, 0.2) is 5.82 Å². The molecule has 2 aromatic carbocycles. The summed E-state index contributed by atoms with van der Waals surface area (Å²) in [6.45, 7) is 2.54. The highest BCUT2D eigenvalue weighted by atomic mass is 19.1. The molecule has 176 valence electrons. The van der Waals surface area contributed by atoms with E-state index in [0.29, 0.717) is 18.8 Å². The van der Waals surface area contributed by atoms with Crippen LogP contribution in [0.5, 0.6) is 0 Å². The smallest absolute Gasteiger partial charge is 0.296 e. The van der Waals surface area contributed by atoms with Crippen LogP contribution in [-0.2, 0) is 19.4 Å². The standard InChI is InChI=1S/C26H24FN7O/c1-2-7-19-17-34(24-11-6-5-10-22(24)27)26(35)33(19)15-14-18-12-13-23(28-16-18)20-8-3-4-9-21(20)25-29-31-32-30-25/h3-6,8-13,16-17H,2,7,14-15H2,1H3,(H,29,30,31,32). The molecular formula is C26H24FN7O. The second-order valence-corrected chi connectivity index (χ2v) is 8.22. The third-order valence-electron chi connectivity index (χ3n) is 5.93. The number of rotatable bonds is 8. The van der Waals surface area contributed by atoms with Gasteiger partial charge in [0.05, 0.1) is 11.4 Å². The maximum absolute atomic E-state index is 14.3. The Balaban J connectivity index is 1.39. The van der Waals surface area contributed by atoms with Gasteiger partial charge < -0.3 is 0 Å². The van der Waals surface area contributed by atoms with Crippen LogP contribution < -0.4 is 5.69 Å². The van der Waals surface area contributed by atoms with E-state index in [1.165, 1.54) is 10.6 Å². The largest absolute Gasteiger partial charge is 0.333 e. The summed E-state index contributed by atoms with van der Waals surface area (Å²) in [5.41, 5.74) is 4.50. The van der Waals surface area contributed by atoms with Gasteiger partial charge in [0.25, 0.3) is 0 Å². The van der Waals surface area contributed by atoms with Crippen molar-refractivity contribution in [2.24, 2.45) is 0 Å². The Morgan fingerprint density at radius 2 is 1.77 bits per heavy atom. The molecule has 3 aromatic heterocycles. The monoisotopic (exact) mass is 469 g/mol. The second-order valence-electron chi connectivity index (χ2n) is 8.22. The molecule has 0 radical (unpaired) electrons. The number of H-pyrrole nitrogens is 1. The molecule has 0 spiro atoms. The molecule has 3 heterocycles. The Kier molecular flexibility index (Phi) is 6.30. The van der Waals surface area contributed by atoms with E-state index in [1.54, 1.807) is 29.0 Å². The number of hydrogen-bond acceptors (Lipinski definition) is 5. The minimum absolute atomic E-state index is 0.238. The Bertz CT molecular complexity index is 1490. The summed E-state index contributed by atoms with van der Waals surface area (Å²) in [6.07, 6.45) is 5.82. The van der Waals surface area contributed by atoms with Crippen LogP contribution in [0.2, 0.25) is 0 Å². The van der Waals surface area contributed by atoms with Crippen LogP contribution in [0.25, 0.3) is 28.3 Å². The maximum atomic E-state index is 14.3. The lowest BCUT2D eigenvalue weighted by Gasteiger charge is -2.09. The van der Waals surface area contributed by atoms with E-state index in [2.05, 4.69) is 32.5 Å². The number of pyridine rings is 1. The molecule has 8 nitrogen and oxygen atoms in total. The van der Waals surface area contributed by atoms with Crippen LogP contribution in [0.3, 0.4) is 0 Å². The van der Waals surface area contributed by atoms with Gasteiger partial charge in [0.2, 0.25) is 0 Å². The molecule has 0 saturated carbocycles. The molecule has 0 bridgehead atoms. The van der Waals surface area contributed by atoms with Crippen molar-refractivity contribution in [3.8, 4) is 28.3 Å². The highest BCUT2D eigenvalue weighted by Gasteiger charge is 2.15. The summed E-state index contributed by atoms with van der Waals surface area (Å²) in [6, 6.07) is 18.1. The quantitative estimate of drug-likeness (QED) is 0.367. The highest BCUT2D eigenvalue weighted by Crippen LogP contribution is 2.28. The normalized spacial score (nSPS) is 11.1. The van der Waals surface area contributed by atoms with Crippen molar-refractivity contribution in [1.82, 2.24) is 34.7 Å². The van der Waals surface area contributed by atoms with Crippen molar-refractivity contribution in [3.05, 3.63) is 101 Å². The number of benzene rings is 2. The zero-order valence-corrected chi connectivity index (χ0v) is 19.2. The Hall–Kier alpha value is -4.40. The fourth-order valence-electron chi connectivity index (χ4n) is 4.20. The number of nitrogens with one attached hydrogen (secondary N) is 1. The van der Waals surface area contributed by atoms with Gasteiger partial charge in [-0.15, -0.1) is 5.10 Å². The highest BCUT2D eigenvalue weighted by molar-refractivity contribution is 5.78. The molecule has 1 N–H and O–H groups in total. The fraction of sp³-hybridized carbons (Fsp3) is 0.192. The van der Waals surface area contributed by atoms with Gasteiger partial charge in [0, 0.05) is 35.8 Å². The third-order valence-corrected chi connectivity index (χ3v) is 5.93. The van der Waals surface area contributed by atoms with Gasteiger partial charge >= 0.3 is 5.69 Å². The summed E-state index contributed by atoms with van der Waals surface area (Å²) in [7, 11) is 0. The number of hydrogen-bond donors (Lipinski definition) is 1. The molecule has 0 unspecified atom stereocenters. The molecule has 0 fully saturated rings. The molecule has 0 atom stereocenters. The molecule has 9 heteroatoms. The van der Waals surface area contributed by atoms with Crippen molar-refractivity contribution in [2.75, 3.05) is 0 Å². The Morgan fingerprint density at radius 3 is 2.49 bits per heavy atom. The van der Waals surface area contributed by atoms with E-state index in [1.807, 2.05) is 42.6 Å². The summed E-state index contributed by atoms with van der Waals surface area (Å²) < 4.78 is 17.5. The number of aromatic amines is 1. The molecule has 5 rings (SSSR count). The molecule has 0 saturated heterocycles. The lowest BCUT2D eigenvalue weighted by atomic mass is 10.0. The topological polar surface area (TPSA) is 94.3 Å². The third kappa shape index (κ3) is 4.52. The predicted molar refractivity (Wildman–Crippen MR) is 131 cm³/mol. The fourth-order valence-corrected chi connectivity index (χ4v) is 4.20. The van der Waals surface area contributed by atoms with Crippen molar-refractivity contribution >= 4 is 0 Å². The number of aromatic nitrogens is 7. The molecule has 0 amide bonds. The maximum Gasteiger partial charge on any atom is 0.333 e. The molecular weight excluding hydrogens is 445 g/mol. The summed E-state index contributed by atoms with van der Waals surface area (Å²) in [5, 5.41) is 14.1. The predicted octanol–water partition coefficient (Wildman–Crippen LogP) is 4.22. The van der Waals surface area contributed by atoms with Crippen LogP contribution in [0.4, 0.5) is 4.39 Å². The van der Waals surface area contributed by atoms with Crippen LogP contribution in [0.1, 0.15) is 24.6 Å². The van der Waals surface area contributed by atoms with Crippen LogP contribution >= 0.6 is 0 Å². The average molecular weight is 470 g/mol. The van der Waals surface area contributed by atoms with Gasteiger partial charge in [-0.25, -0.2) is 14.3 Å². The molecule has 0 aliphatic carbocycles. The first-order valence-electron chi connectivity index (χ1n) is 11.5. The van der Waals surface area contributed by atoms with E-state index in [-0.39, 0.29) is 11.4 Å². The number of imidazole rings is 1. The molecule has 0 aliphatic rings. The first-order chi connectivity index (χ1) is 17.2. The van der Waals surface area contributed by atoms with Gasteiger partial charge in [-0.05, 0) is 47.0 Å². The minimum Gasteiger partial charge on any atom is -0.296 e. The van der Waals surface area contributed by atoms with E-state index >= 15 is 0 Å². The van der Waals surface area contributed by atoms with Crippen molar-refractivity contribution in [1.29, 1.82) is 0 Å². The molecule has 0 aliphatic heterocycles. The zero-order chi connectivity index (χ0) is 24.2. The van der Waals surface area contributed by atoms with Gasteiger partial charge in [-0.3, -0.25) is 14.1 Å². The lowest BCUT2D eigenvalue weighted by Crippen LogP contribution is -2.25. The second kappa shape index (κ2) is 9.84. The van der Waals surface area contributed by atoms with Crippen LogP contribution in [0.15, 0.2) is 77.9 Å². The van der Waals surface area contributed by atoms with Gasteiger partial charge in [-0.2, -0.15) is 0 Å². The molecule has 35 heavy (non-hydrogen) atoms. The lowest BCUT2D eigenvalue weighted by molar-refractivity contribution is 0.604. The minimum atomic E-state index is -0.420. The first-order valence-corrected chi connectivity index (χ1v) is 11.5. The van der Waals surface area contributed by atoms with E-state index in [0.717, 1.165) is 40.9 Å². The van der Waals surface area contributed by atoms with Crippen molar-refractivity contribution in [3.63, 3.8) is 0 Å².